The number of carbonyl (C=O) groups is 1. The number of phenolic OH excluding ortho intramolecular Hbond substituents is 1. The highest BCUT2D eigenvalue weighted by Crippen LogP contribution is 2.21. The van der Waals surface area contributed by atoms with Gasteiger partial charge in [0.2, 0.25) is 5.91 Å². The minimum absolute atomic E-state index is 0.0170. The Morgan fingerprint density at radius 2 is 2.10 bits per heavy atom. The lowest BCUT2D eigenvalue weighted by molar-refractivity contribution is -0.115. The van der Waals surface area contributed by atoms with Gasteiger partial charge in [0.05, 0.1) is 19.2 Å². The van der Waals surface area contributed by atoms with Crippen LogP contribution in [0.2, 0.25) is 0 Å². The molecule has 0 bridgehead atoms. The second-order valence-electron chi connectivity index (χ2n) is 4.35. The summed E-state index contributed by atoms with van der Waals surface area (Å²) in [6.45, 7) is 0. The van der Waals surface area contributed by atoms with Crippen LogP contribution in [-0.4, -0.2) is 18.1 Å². The van der Waals surface area contributed by atoms with E-state index in [4.69, 9.17) is 10.5 Å². The Hall–Kier alpha value is -2.69. The third-order valence-corrected chi connectivity index (χ3v) is 2.81. The van der Waals surface area contributed by atoms with Crippen molar-refractivity contribution >= 4 is 17.3 Å². The van der Waals surface area contributed by atoms with E-state index in [9.17, 15) is 9.90 Å². The summed E-state index contributed by atoms with van der Waals surface area (Å²) in [6, 6.07) is 11.9. The summed E-state index contributed by atoms with van der Waals surface area (Å²) in [5.41, 5.74) is 7.16. The zero-order valence-electron chi connectivity index (χ0n) is 11.1. The van der Waals surface area contributed by atoms with Crippen LogP contribution in [0.15, 0.2) is 42.5 Å². The predicted octanol–water partition coefficient (Wildman–Crippen LogP) is 2.16. The summed E-state index contributed by atoms with van der Waals surface area (Å²) in [5.74, 6) is 0.479. The summed E-state index contributed by atoms with van der Waals surface area (Å²) in [5, 5.41) is 12.3. The van der Waals surface area contributed by atoms with E-state index in [1.807, 2.05) is 0 Å². The molecule has 104 valence electrons. The molecule has 0 heterocycles. The van der Waals surface area contributed by atoms with Gasteiger partial charge in [-0.2, -0.15) is 0 Å². The van der Waals surface area contributed by atoms with E-state index in [2.05, 4.69) is 5.32 Å². The highest BCUT2D eigenvalue weighted by Gasteiger charge is 2.06. The van der Waals surface area contributed by atoms with Crippen LogP contribution in [0.5, 0.6) is 11.5 Å². The normalized spacial score (nSPS) is 10.1. The van der Waals surface area contributed by atoms with Crippen molar-refractivity contribution in [1.82, 2.24) is 0 Å². The number of methoxy groups -OCH3 is 1. The summed E-state index contributed by atoms with van der Waals surface area (Å²) in [7, 11) is 1.57. The van der Waals surface area contributed by atoms with E-state index in [-0.39, 0.29) is 18.1 Å². The van der Waals surface area contributed by atoms with Crippen LogP contribution in [0.25, 0.3) is 0 Å². The number of nitrogens with two attached hydrogens (primary N) is 1. The van der Waals surface area contributed by atoms with Gasteiger partial charge in [-0.3, -0.25) is 4.79 Å². The van der Waals surface area contributed by atoms with Crippen LogP contribution in [0.4, 0.5) is 11.4 Å². The SMILES string of the molecule is COc1cccc(NC(=O)Cc2ccc(N)c(O)c2)c1. The molecule has 0 spiro atoms. The first-order valence-corrected chi connectivity index (χ1v) is 6.10. The highest BCUT2D eigenvalue weighted by atomic mass is 16.5. The molecule has 4 N–H and O–H groups in total. The van der Waals surface area contributed by atoms with Gasteiger partial charge in [-0.05, 0) is 29.8 Å². The molecular formula is C15H16N2O3. The number of amides is 1. The molecule has 0 unspecified atom stereocenters. The molecule has 0 radical (unpaired) electrons. The second kappa shape index (κ2) is 5.97. The molecular weight excluding hydrogens is 256 g/mol. The number of nitrogen functional groups attached to an aromatic ring is 1. The maximum Gasteiger partial charge on any atom is 0.228 e. The average Bonchev–Trinajstić information content (AvgIpc) is 2.43. The van der Waals surface area contributed by atoms with Crippen LogP contribution < -0.4 is 15.8 Å². The summed E-state index contributed by atoms with van der Waals surface area (Å²) >= 11 is 0. The average molecular weight is 272 g/mol. The largest absolute Gasteiger partial charge is 0.506 e. The number of phenols is 1. The Morgan fingerprint density at radius 3 is 2.80 bits per heavy atom. The molecule has 1 amide bonds. The van der Waals surface area contributed by atoms with Gasteiger partial charge in [0.25, 0.3) is 0 Å². The lowest BCUT2D eigenvalue weighted by Gasteiger charge is -2.08. The Labute approximate surface area is 117 Å². The number of benzene rings is 2. The van der Waals surface area contributed by atoms with E-state index < -0.39 is 0 Å². The van der Waals surface area contributed by atoms with Crippen LogP contribution in [0.1, 0.15) is 5.56 Å². The van der Waals surface area contributed by atoms with Crippen molar-refractivity contribution in [3.8, 4) is 11.5 Å². The van der Waals surface area contributed by atoms with E-state index in [1.165, 1.54) is 6.07 Å². The maximum atomic E-state index is 11.9. The van der Waals surface area contributed by atoms with Gasteiger partial charge in [0, 0.05) is 11.8 Å². The zero-order chi connectivity index (χ0) is 14.5. The van der Waals surface area contributed by atoms with Gasteiger partial charge < -0.3 is 20.9 Å². The van der Waals surface area contributed by atoms with Gasteiger partial charge in [0.1, 0.15) is 11.5 Å². The summed E-state index contributed by atoms with van der Waals surface area (Å²) in [4.78, 5) is 11.9. The number of rotatable bonds is 4. The Bertz CT molecular complexity index is 626. The number of hydrogen-bond donors (Lipinski definition) is 3. The van der Waals surface area contributed by atoms with Gasteiger partial charge in [-0.1, -0.05) is 12.1 Å². The first-order valence-electron chi connectivity index (χ1n) is 6.10. The van der Waals surface area contributed by atoms with Gasteiger partial charge in [-0.15, -0.1) is 0 Å². The fourth-order valence-corrected chi connectivity index (χ4v) is 1.79. The molecule has 2 aromatic rings. The number of nitrogens with one attached hydrogen (secondary N) is 1. The first-order chi connectivity index (χ1) is 9.58. The molecule has 0 atom stereocenters. The second-order valence-corrected chi connectivity index (χ2v) is 4.35. The van der Waals surface area contributed by atoms with Crippen molar-refractivity contribution in [2.24, 2.45) is 0 Å². The molecule has 5 heteroatoms. The predicted molar refractivity (Wildman–Crippen MR) is 77.8 cm³/mol. The van der Waals surface area contributed by atoms with Crippen molar-refractivity contribution in [2.45, 2.75) is 6.42 Å². The van der Waals surface area contributed by atoms with Crippen molar-refractivity contribution in [2.75, 3.05) is 18.2 Å². The highest BCUT2D eigenvalue weighted by molar-refractivity contribution is 5.92. The first kappa shape index (κ1) is 13.7. The number of ether oxygens (including phenoxy) is 1. The van der Waals surface area contributed by atoms with E-state index in [1.54, 1.807) is 43.5 Å². The quantitative estimate of drug-likeness (QED) is 0.588. The molecule has 0 fully saturated rings. The zero-order valence-corrected chi connectivity index (χ0v) is 11.1. The number of aromatic hydroxyl groups is 1. The number of hydrogen-bond acceptors (Lipinski definition) is 4. The molecule has 0 aliphatic carbocycles. The molecule has 5 nitrogen and oxygen atoms in total. The van der Waals surface area contributed by atoms with E-state index in [0.717, 1.165) is 0 Å². The third kappa shape index (κ3) is 3.41. The monoisotopic (exact) mass is 272 g/mol. The van der Waals surface area contributed by atoms with Crippen molar-refractivity contribution < 1.29 is 14.6 Å². The number of anilines is 2. The molecule has 0 saturated heterocycles. The minimum Gasteiger partial charge on any atom is -0.506 e. The lowest BCUT2D eigenvalue weighted by Crippen LogP contribution is -2.14. The summed E-state index contributed by atoms with van der Waals surface area (Å²) < 4.78 is 5.09. The standard InChI is InChI=1S/C15H16N2O3/c1-20-12-4-2-3-11(9-12)17-15(19)8-10-5-6-13(16)14(18)7-10/h2-7,9,18H,8,16H2,1H3,(H,17,19). The fraction of sp³-hybridized carbons (Fsp3) is 0.133. The molecule has 0 aliphatic rings. The maximum absolute atomic E-state index is 11.9. The van der Waals surface area contributed by atoms with Gasteiger partial charge in [0.15, 0.2) is 0 Å². The molecule has 20 heavy (non-hydrogen) atoms. The van der Waals surface area contributed by atoms with E-state index >= 15 is 0 Å². The fourth-order valence-electron chi connectivity index (χ4n) is 1.79. The topological polar surface area (TPSA) is 84.6 Å². The minimum atomic E-state index is -0.178. The van der Waals surface area contributed by atoms with Crippen LogP contribution in [0.3, 0.4) is 0 Å². The number of carbonyl (C=O) groups excluding carboxylic acids is 1. The van der Waals surface area contributed by atoms with Crippen molar-refractivity contribution in [1.29, 1.82) is 0 Å². The third-order valence-electron chi connectivity index (χ3n) is 2.81. The van der Waals surface area contributed by atoms with Gasteiger partial charge >= 0.3 is 0 Å². The van der Waals surface area contributed by atoms with Gasteiger partial charge in [-0.25, -0.2) is 0 Å². The molecule has 0 aliphatic heterocycles. The van der Waals surface area contributed by atoms with Crippen LogP contribution >= 0.6 is 0 Å². The molecule has 2 rings (SSSR count). The summed E-state index contributed by atoms with van der Waals surface area (Å²) in [6.07, 6.45) is 0.158. The Balaban J connectivity index is 2.03. The molecule has 2 aromatic carbocycles. The Kier molecular flexibility index (Phi) is 4.10. The molecule has 0 saturated carbocycles. The van der Waals surface area contributed by atoms with Crippen molar-refractivity contribution in [3.63, 3.8) is 0 Å². The van der Waals surface area contributed by atoms with E-state index in [0.29, 0.717) is 22.7 Å². The Morgan fingerprint density at radius 1 is 1.30 bits per heavy atom. The van der Waals surface area contributed by atoms with Crippen LogP contribution in [-0.2, 0) is 11.2 Å². The molecule has 0 aromatic heterocycles. The van der Waals surface area contributed by atoms with Crippen molar-refractivity contribution in [3.05, 3.63) is 48.0 Å². The lowest BCUT2D eigenvalue weighted by atomic mass is 10.1. The van der Waals surface area contributed by atoms with Crippen LogP contribution in [0, 0.1) is 0 Å². The smallest absolute Gasteiger partial charge is 0.228 e.